The maximum Gasteiger partial charge on any atom is 0.264 e. The molecule has 0 radical (unpaired) electrons. The van der Waals surface area contributed by atoms with Gasteiger partial charge in [0, 0.05) is 10.8 Å². The maximum absolute atomic E-state index is 12.0. The molecule has 0 aliphatic heterocycles. The van der Waals surface area contributed by atoms with Gasteiger partial charge in [0.2, 0.25) is 5.13 Å². The van der Waals surface area contributed by atoms with Crippen LogP contribution in [0.5, 0.6) is 5.75 Å². The molecule has 0 aliphatic rings. The van der Waals surface area contributed by atoms with Gasteiger partial charge in [0.15, 0.2) is 10.9 Å². The normalized spacial score (nSPS) is 10.6. The largest absolute Gasteiger partial charge is 0.484 e. The van der Waals surface area contributed by atoms with Gasteiger partial charge < -0.3 is 4.74 Å². The minimum absolute atomic E-state index is 0.0694. The molecule has 1 aromatic heterocycles. The predicted octanol–water partition coefficient (Wildman–Crippen LogP) is 5.06. The number of amides is 1. The molecule has 3 rings (SSSR count). The highest BCUT2D eigenvalue weighted by Gasteiger charge is 2.10. The molecule has 0 unspecified atom stereocenters. The number of aromatic nitrogens is 2. The lowest BCUT2D eigenvalue weighted by atomic mass is 10.2. The Morgan fingerprint density at radius 2 is 2.00 bits per heavy atom. The van der Waals surface area contributed by atoms with E-state index >= 15 is 0 Å². The number of aryl methyl sites for hydroxylation is 1. The summed E-state index contributed by atoms with van der Waals surface area (Å²) < 4.78 is 6.32. The van der Waals surface area contributed by atoms with Crippen molar-refractivity contribution < 1.29 is 9.53 Å². The summed E-state index contributed by atoms with van der Waals surface area (Å²) in [5, 5.41) is 12.0. The van der Waals surface area contributed by atoms with Crippen LogP contribution in [0.3, 0.4) is 0 Å². The summed E-state index contributed by atoms with van der Waals surface area (Å²) in [6.45, 7) is 2.00. The second kappa shape index (κ2) is 9.73. The van der Waals surface area contributed by atoms with E-state index in [1.54, 1.807) is 11.8 Å². The lowest BCUT2D eigenvalue weighted by Crippen LogP contribution is -2.20. The molecule has 5 nitrogen and oxygen atoms in total. The summed E-state index contributed by atoms with van der Waals surface area (Å²) in [7, 11) is 0. The fourth-order valence-electron chi connectivity index (χ4n) is 2.20. The van der Waals surface area contributed by atoms with Gasteiger partial charge in [-0.25, -0.2) is 0 Å². The number of anilines is 1. The van der Waals surface area contributed by atoms with Crippen LogP contribution in [-0.2, 0) is 17.0 Å². The van der Waals surface area contributed by atoms with Gasteiger partial charge in [0.05, 0.1) is 0 Å². The van der Waals surface area contributed by atoms with Gasteiger partial charge in [-0.05, 0) is 41.8 Å². The van der Waals surface area contributed by atoms with Crippen LogP contribution >= 0.6 is 34.7 Å². The first-order chi connectivity index (χ1) is 13.1. The Hall–Kier alpha value is -2.09. The number of nitrogens with zero attached hydrogens (tertiary/aromatic N) is 2. The Bertz CT molecular complexity index is 900. The van der Waals surface area contributed by atoms with Gasteiger partial charge in [-0.3, -0.25) is 10.1 Å². The van der Waals surface area contributed by atoms with E-state index in [1.165, 1.54) is 16.9 Å². The summed E-state index contributed by atoms with van der Waals surface area (Å²) in [5.74, 6) is 1.18. The third-order valence-electron chi connectivity index (χ3n) is 3.61. The number of carbonyl (C=O) groups excluding carboxylic acids is 1. The van der Waals surface area contributed by atoms with E-state index in [-0.39, 0.29) is 12.5 Å². The summed E-state index contributed by atoms with van der Waals surface area (Å²) >= 11 is 8.78. The molecule has 0 aliphatic carbocycles. The van der Waals surface area contributed by atoms with Crippen LogP contribution in [0.25, 0.3) is 0 Å². The quantitative estimate of drug-likeness (QED) is 0.408. The molecule has 27 heavy (non-hydrogen) atoms. The molecular weight excluding hydrogens is 402 g/mol. The van der Waals surface area contributed by atoms with Crippen LogP contribution in [0.2, 0.25) is 5.02 Å². The van der Waals surface area contributed by atoms with Crippen LogP contribution in [0.4, 0.5) is 5.13 Å². The molecule has 0 atom stereocenters. The molecule has 0 saturated heterocycles. The number of rotatable bonds is 8. The fraction of sp³-hybridized carbons (Fsp3) is 0.211. The number of hydrogen-bond acceptors (Lipinski definition) is 6. The van der Waals surface area contributed by atoms with Gasteiger partial charge in [-0.15, -0.1) is 10.2 Å². The monoisotopic (exact) mass is 419 g/mol. The zero-order valence-corrected chi connectivity index (χ0v) is 17.0. The molecule has 1 heterocycles. The molecule has 0 spiro atoms. The molecule has 0 saturated carbocycles. The average molecular weight is 420 g/mol. The summed E-state index contributed by atoms with van der Waals surface area (Å²) in [5.41, 5.74) is 2.31. The molecule has 0 fully saturated rings. The van der Waals surface area contributed by atoms with Gasteiger partial charge in [0.25, 0.3) is 5.91 Å². The number of benzene rings is 2. The van der Waals surface area contributed by atoms with Crippen molar-refractivity contribution in [1.29, 1.82) is 0 Å². The Labute approximate surface area is 171 Å². The van der Waals surface area contributed by atoms with E-state index in [0.29, 0.717) is 15.9 Å². The standard InChI is InChI=1S/C19H18ClN3O2S2/c1-2-13-4-3-5-16(10-13)25-11-17(24)21-18-22-23-19(27-18)26-12-14-6-8-15(20)9-7-14/h3-10H,2,11-12H2,1H3,(H,21,22,24). The highest BCUT2D eigenvalue weighted by Crippen LogP contribution is 2.28. The third kappa shape index (κ3) is 6.23. The first-order valence-corrected chi connectivity index (χ1v) is 10.5. The van der Waals surface area contributed by atoms with Gasteiger partial charge in [-0.1, -0.05) is 65.9 Å². The second-order valence-corrected chi connectivity index (χ2v) is 8.26. The molecule has 1 N–H and O–H groups in total. The molecule has 140 valence electrons. The van der Waals surface area contributed by atoms with Crippen molar-refractivity contribution in [2.24, 2.45) is 0 Å². The minimum Gasteiger partial charge on any atom is -0.484 e. The topological polar surface area (TPSA) is 64.1 Å². The van der Waals surface area contributed by atoms with E-state index in [4.69, 9.17) is 16.3 Å². The zero-order chi connectivity index (χ0) is 19.1. The number of carbonyl (C=O) groups is 1. The Balaban J connectivity index is 1.46. The van der Waals surface area contributed by atoms with Crippen molar-refractivity contribution in [2.75, 3.05) is 11.9 Å². The fourth-order valence-corrected chi connectivity index (χ4v) is 4.05. The summed E-state index contributed by atoms with van der Waals surface area (Å²) in [6, 6.07) is 15.4. The van der Waals surface area contributed by atoms with Gasteiger partial charge >= 0.3 is 0 Å². The van der Waals surface area contributed by atoms with E-state index < -0.39 is 0 Å². The molecule has 2 aromatic carbocycles. The Kier molecular flexibility index (Phi) is 7.09. The third-order valence-corrected chi connectivity index (χ3v) is 5.90. The van der Waals surface area contributed by atoms with Crippen molar-refractivity contribution in [3.8, 4) is 5.75 Å². The van der Waals surface area contributed by atoms with Crippen molar-refractivity contribution in [3.63, 3.8) is 0 Å². The maximum atomic E-state index is 12.0. The molecule has 1 amide bonds. The Morgan fingerprint density at radius 3 is 2.78 bits per heavy atom. The van der Waals surface area contributed by atoms with Crippen molar-refractivity contribution in [2.45, 2.75) is 23.4 Å². The first kappa shape index (κ1) is 19.7. The van der Waals surface area contributed by atoms with Gasteiger partial charge in [0.1, 0.15) is 5.75 Å². The average Bonchev–Trinajstić information content (AvgIpc) is 3.13. The number of ether oxygens (including phenoxy) is 1. The highest BCUT2D eigenvalue weighted by atomic mass is 35.5. The molecular formula is C19H18ClN3O2S2. The van der Waals surface area contributed by atoms with E-state index in [9.17, 15) is 4.79 Å². The number of nitrogens with one attached hydrogen (secondary N) is 1. The lowest BCUT2D eigenvalue weighted by molar-refractivity contribution is -0.118. The van der Waals surface area contributed by atoms with Crippen molar-refractivity contribution >= 4 is 45.7 Å². The first-order valence-electron chi connectivity index (χ1n) is 8.34. The Morgan fingerprint density at radius 1 is 1.19 bits per heavy atom. The van der Waals surface area contributed by atoms with Gasteiger partial charge in [-0.2, -0.15) is 0 Å². The summed E-state index contributed by atoms with van der Waals surface area (Å²) in [4.78, 5) is 12.0. The lowest BCUT2D eigenvalue weighted by Gasteiger charge is -2.06. The van der Waals surface area contributed by atoms with Crippen molar-refractivity contribution in [1.82, 2.24) is 10.2 Å². The molecule has 3 aromatic rings. The van der Waals surface area contributed by atoms with E-state index in [1.807, 2.05) is 48.5 Å². The zero-order valence-electron chi connectivity index (χ0n) is 14.6. The minimum atomic E-state index is -0.262. The number of halogens is 1. The van der Waals surface area contributed by atoms with E-state index in [2.05, 4.69) is 22.4 Å². The molecule has 0 bridgehead atoms. The van der Waals surface area contributed by atoms with Crippen LogP contribution in [0, 0.1) is 0 Å². The SMILES string of the molecule is CCc1cccc(OCC(=O)Nc2nnc(SCc3ccc(Cl)cc3)s2)c1. The molecule has 8 heteroatoms. The van der Waals surface area contributed by atoms with Crippen molar-refractivity contribution in [3.05, 3.63) is 64.7 Å². The van der Waals surface area contributed by atoms with Crippen LogP contribution < -0.4 is 10.1 Å². The highest BCUT2D eigenvalue weighted by molar-refractivity contribution is 8.00. The smallest absolute Gasteiger partial charge is 0.264 e. The van der Waals surface area contributed by atoms with Crippen LogP contribution in [0.1, 0.15) is 18.1 Å². The van der Waals surface area contributed by atoms with Crippen LogP contribution in [0.15, 0.2) is 52.9 Å². The van der Waals surface area contributed by atoms with Crippen LogP contribution in [-0.4, -0.2) is 22.7 Å². The number of hydrogen-bond donors (Lipinski definition) is 1. The second-order valence-electron chi connectivity index (χ2n) is 5.63. The predicted molar refractivity (Wildman–Crippen MR) is 111 cm³/mol. The summed E-state index contributed by atoms with van der Waals surface area (Å²) in [6.07, 6.45) is 0.921. The van der Waals surface area contributed by atoms with E-state index in [0.717, 1.165) is 22.1 Å². The number of thioether (sulfide) groups is 1.